The molecule has 1 aliphatic rings. The van der Waals surface area contributed by atoms with E-state index < -0.39 is 12.2 Å². The summed E-state index contributed by atoms with van der Waals surface area (Å²) in [6.45, 7) is 2.46. The minimum absolute atomic E-state index is 0.0521. The number of fused-ring (bicyclic) bond motifs is 1. The Balaban J connectivity index is 1.60. The van der Waals surface area contributed by atoms with Crippen molar-refractivity contribution in [2.75, 3.05) is 0 Å². The van der Waals surface area contributed by atoms with Crippen LogP contribution in [-0.4, -0.2) is 21.9 Å². The SMILES string of the molecule is CCC1=C(c2ccc3c(c2)c(Cl)cn3C)NC(OCc2ccccc2)C(C(=O)O)=C1OCc1ccccc1. The number of aromatic nitrogens is 1. The van der Waals surface area contributed by atoms with Gasteiger partial charge in [-0.2, -0.15) is 0 Å². The molecule has 0 radical (unpaired) electrons. The number of carboxylic acids is 1. The summed E-state index contributed by atoms with van der Waals surface area (Å²) in [7, 11) is 1.95. The highest BCUT2D eigenvalue weighted by molar-refractivity contribution is 6.35. The van der Waals surface area contributed by atoms with Crippen molar-refractivity contribution in [3.05, 3.63) is 124 Å². The van der Waals surface area contributed by atoms with Gasteiger partial charge in [-0.05, 0) is 35.2 Å². The molecule has 3 aromatic carbocycles. The number of ether oxygens (including phenoxy) is 2. The molecule has 194 valence electrons. The topological polar surface area (TPSA) is 72.7 Å². The van der Waals surface area contributed by atoms with Gasteiger partial charge in [0.05, 0.1) is 17.3 Å². The fraction of sp³-hybridized carbons (Fsp3) is 0.194. The van der Waals surface area contributed by atoms with Crippen molar-refractivity contribution in [3.63, 3.8) is 0 Å². The first-order valence-corrected chi connectivity index (χ1v) is 12.9. The lowest BCUT2D eigenvalue weighted by molar-refractivity contribution is -0.135. The van der Waals surface area contributed by atoms with E-state index in [2.05, 4.69) is 5.32 Å². The first-order chi connectivity index (χ1) is 18.5. The Morgan fingerprint density at radius 3 is 2.29 bits per heavy atom. The highest BCUT2D eigenvalue weighted by atomic mass is 35.5. The second-order valence-corrected chi connectivity index (χ2v) is 9.58. The average molecular weight is 529 g/mol. The number of nitrogens with zero attached hydrogens (tertiary/aromatic N) is 1. The van der Waals surface area contributed by atoms with Crippen molar-refractivity contribution < 1.29 is 19.4 Å². The number of allylic oxidation sites excluding steroid dienone is 1. The van der Waals surface area contributed by atoms with Crippen molar-refractivity contribution in [1.82, 2.24) is 9.88 Å². The number of benzene rings is 3. The maximum Gasteiger partial charge on any atom is 0.339 e. The number of halogens is 1. The van der Waals surface area contributed by atoms with Crippen LogP contribution >= 0.6 is 11.6 Å². The van der Waals surface area contributed by atoms with Crippen molar-refractivity contribution >= 4 is 34.2 Å². The third-order valence-electron chi connectivity index (χ3n) is 6.66. The minimum Gasteiger partial charge on any atom is -0.488 e. The lowest BCUT2D eigenvalue weighted by atomic mass is 9.94. The fourth-order valence-corrected chi connectivity index (χ4v) is 5.06. The Morgan fingerprint density at radius 2 is 1.66 bits per heavy atom. The van der Waals surface area contributed by atoms with Crippen molar-refractivity contribution in [3.8, 4) is 0 Å². The molecule has 5 rings (SSSR count). The van der Waals surface area contributed by atoms with E-state index in [1.54, 1.807) is 0 Å². The van der Waals surface area contributed by atoms with Crippen LogP contribution in [0, 0.1) is 0 Å². The molecular weight excluding hydrogens is 500 g/mol. The van der Waals surface area contributed by atoms with Gasteiger partial charge in [0, 0.05) is 29.7 Å². The van der Waals surface area contributed by atoms with E-state index >= 15 is 0 Å². The summed E-state index contributed by atoms with van der Waals surface area (Å²) in [5, 5.41) is 15.3. The summed E-state index contributed by atoms with van der Waals surface area (Å²) in [5.41, 5.74) is 5.35. The van der Waals surface area contributed by atoms with Crippen LogP contribution in [0.2, 0.25) is 5.02 Å². The molecule has 38 heavy (non-hydrogen) atoms. The molecular formula is C31H29ClN2O4. The van der Waals surface area contributed by atoms with Gasteiger partial charge >= 0.3 is 5.97 Å². The predicted octanol–water partition coefficient (Wildman–Crippen LogP) is 6.65. The summed E-state index contributed by atoms with van der Waals surface area (Å²) in [4.78, 5) is 12.6. The van der Waals surface area contributed by atoms with Crippen molar-refractivity contribution in [1.29, 1.82) is 0 Å². The molecule has 6 nitrogen and oxygen atoms in total. The summed E-state index contributed by atoms with van der Waals surface area (Å²) < 4.78 is 14.5. The number of hydrogen-bond donors (Lipinski definition) is 2. The zero-order valence-corrected chi connectivity index (χ0v) is 22.0. The molecule has 0 spiro atoms. The van der Waals surface area contributed by atoms with Gasteiger partial charge < -0.3 is 24.5 Å². The van der Waals surface area contributed by atoms with E-state index in [1.807, 2.05) is 104 Å². The van der Waals surface area contributed by atoms with Gasteiger partial charge in [-0.1, -0.05) is 85.3 Å². The molecule has 4 aromatic rings. The number of aryl methyl sites for hydroxylation is 1. The number of rotatable bonds is 9. The van der Waals surface area contributed by atoms with Crippen LogP contribution in [0.5, 0.6) is 0 Å². The fourth-order valence-electron chi connectivity index (χ4n) is 4.76. The largest absolute Gasteiger partial charge is 0.488 e. The molecule has 1 unspecified atom stereocenters. The van der Waals surface area contributed by atoms with Crippen LogP contribution in [0.3, 0.4) is 0 Å². The van der Waals surface area contributed by atoms with E-state index in [1.165, 1.54) is 0 Å². The van der Waals surface area contributed by atoms with Crippen LogP contribution in [0.1, 0.15) is 30.0 Å². The van der Waals surface area contributed by atoms with Gasteiger partial charge in [-0.3, -0.25) is 0 Å². The van der Waals surface area contributed by atoms with Crippen molar-refractivity contribution in [2.24, 2.45) is 7.05 Å². The maximum atomic E-state index is 12.6. The zero-order valence-electron chi connectivity index (χ0n) is 21.3. The Morgan fingerprint density at radius 1 is 1.00 bits per heavy atom. The highest BCUT2D eigenvalue weighted by Crippen LogP contribution is 2.37. The lowest BCUT2D eigenvalue weighted by Crippen LogP contribution is -2.40. The first-order valence-electron chi connectivity index (χ1n) is 12.5. The molecule has 7 heteroatoms. The van der Waals surface area contributed by atoms with Gasteiger partial charge in [0.1, 0.15) is 17.9 Å². The van der Waals surface area contributed by atoms with E-state index in [0.29, 0.717) is 17.2 Å². The summed E-state index contributed by atoms with van der Waals surface area (Å²) in [5.74, 6) is -0.764. The molecule has 1 aromatic heterocycles. The molecule has 2 N–H and O–H groups in total. The molecule has 0 bridgehead atoms. The summed E-state index contributed by atoms with van der Waals surface area (Å²) in [6.07, 6.45) is 1.50. The maximum absolute atomic E-state index is 12.6. The molecule has 0 saturated carbocycles. The molecule has 2 heterocycles. The summed E-state index contributed by atoms with van der Waals surface area (Å²) in [6, 6.07) is 25.4. The van der Waals surface area contributed by atoms with Crippen LogP contribution < -0.4 is 5.32 Å². The zero-order chi connectivity index (χ0) is 26.6. The van der Waals surface area contributed by atoms with Crippen LogP contribution in [-0.2, 0) is 34.5 Å². The quantitative estimate of drug-likeness (QED) is 0.254. The number of hydrogen-bond acceptors (Lipinski definition) is 4. The first kappa shape index (κ1) is 25.6. The molecule has 1 aliphatic heterocycles. The van der Waals surface area contributed by atoms with Gasteiger partial charge in [-0.25, -0.2) is 4.79 Å². The second kappa shape index (κ2) is 11.2. The predicted molar refractivity (Wildman–Crippen MR) is 149 cm³/mol. The van der Waals surface area contributed by atoms with Gasteiger partial charge in [0.25, 0.3) is 0 Å². The van der Waals surface area contributed by atoms with Gasteiger partial charge in [0.15, 0.2) is 6.23 Å². The minimum atomic E-state index is -1.09. The number of nitrogens with one attached hydrogen (secondary N) is 1. The van der Waals surface area contributed by atoms with Crippen LogP contribution in [0.4, 0.5) is 0 Å². The third kappa shape index (κ3) is 5.19. The molecule has 0 amide bonds. The Labute approximate surface area is 226 Å². The van der Waals surface area contributed by atoms with E-state index in [0.717, 1.165) is 38.9 Å². The summed E-state index contributed by atoms with van der Waals surface area (Å²) >= 11 is 6.52. The number of aliphatic carboxylic acids is 1. The number of dihydropyridines is 1. The molecule has 0 fully saturated rings. The smallest absolute Gasteiger partial charge is 0.339 e. The number of carboxylic acid groups (broad SMARTS) is 1. The standard InChI is InChI=1S/C31H29ClN2O4/c1-3-23-28(22-14-15-26-24(16-22)25(32)17-34(26)2)33-30(38-19-21-12-8-5-9-13-21)27(31(35)36)29(23)37-18-20-10-6-4-7-11-20/h4-17,30,33H,3,18-19H2,1-2H3,(H,35,36). The average Bonchev–Trinajstić information content (AvgIpc) is 3.23. The van der Waals surface area contributed by atoms with E-state index in [9.17, 15) is 9.90 Å². The van der Waals surface area contributed by atoms with E-state index in [4.69, 9.17) is 21.1 Å². The number of carbonyl (C=O) groups is 1. The van der Waals surface area contributed by atoms with Crippen molar-refractivity contribution in [2.45, 2.75) is 32.8 Å². The Bertz CT molecular complexity index is 1520. The molecule has 0 aliphatic carbocycles. The van der Waals surface area contributed by atoms with E-state index in [-0.39, 0.29) is 18.8 Å². The van der Waals surface area contributed by atoms with Crippen LogP contribution in [0.15, 0.2) is 102 Å². The molecule has 1 atom stereocenters. The van der Waals surface area contributed by atoms with Crippen LogP contribution in [0.25, 0.3) is 16.6 Å². The Hall–Kier alpha value is -4.00. The Kier molecular flexibility index (Phi) is 7.54. The van der Waals surface area contributed by atoms with Gasteiger partial charge in [0.2, 0.25) is 0 Å². The second-order valence-electron chi connectivity index (χ2n) is 9.17. The monoisotopic (exact) mass is 528 g/mol. The normalized spacial score (nSPS) is 15.6. The van der Waals surface area contributed by atoms with Gasteiger partial charge in [-0.15, -0.1) is 0 Å². The lowest BCUT2D eigenvalue weighted by Gasteiger charge is -2.32. The molecule has 0 saturated heterocycles. The highest BCUT2D eigenvalue weighted by Gasteiger charge is 2.35. The third-order valence-corrected chi connectivity index (χ3v) is 6.96.